The lowest BCUT2D eigenvalue weighted by molar-refractivity contribution is 0.00292. The molecule has 0 heterocycles. The molecule has 11 heavy (non-hydrogen) atoms. The minimum atomic E-state index is -3.22. The van der Waals surface area contributed by atoms with Gasteiger partial charge in [-0.3, -0.25) is 5.73 Å². The predicted molar refractivity (Wildman–Crippen MR) is 47.2 cm³/mol. The summed E-state index contributed by atoms with van der Waals surface area (Å²) in [4.78, 5) is 0. The third-order valence-electron chi connectivity index (χ3n) is 1.21. The Bertz CT molecular complexity index is 257. The van der Waals surface area contributed by atoms with Crippen molar-refractivity contribution in [3.63, 3.8) is 0 Å². The minimum Gasteiger partial charge on any atom is -0.268 e. The van der Waals surface area contributed by atoms with Crippen LogP contribution in [-0.4, -0.2) is 0 Å². The minimum absolute atomic E-state index is 0.149. The molecule has 60 valence electrons. The first kappa shape index (κ1) is 8.86. The molecular weight excluding hydrogens is 263 g/mol. The summed E-state index contributed by atoms with van der Waals surface area (Å²) in [6.45, 7) is 0. The van der Waals surface area contributed by atoms with Gasteiger partial charge in [-0.2, -0.15) is 8.78 Å². The molecular formula is C7H6F2IN. The van der Waals surface area contributed by atoms with Crippen LogP contribution in [0.25, 0.3) is 0 Å². The maximum Gasteiger partial charge on any atom is 0.326 e. The molecule has 4 heteroatoms. The molecule has 0 fully saturated rings. The lowest BCUT2D eigenvalue weighted by atomic mass is 10.2. The molecule has 0 unspecified atom stereocenters. The number of alkyl halides is 2. The molecule has 0 radical (unpaired) electrons. The van der Waals surface area contributed by atoms with Crippen molar-refractivity contribution in [1.82, 2.24) is 0 Å². The molecule has 0 aromatic heterocycles. The van der Waals surface area contributed by atoms with Gasteiger partial charge >= 0.3 is 6.05 Å². The van der Waals surface area contributed by atoms with Gasteiger partial charge in [0.05, 0.1) is 0 Å². The quantitative estimate of drug-likeness (QED) is 0.614. The summed E-state index contributed by atoms with van der Waals surface area (Å²) in [5.74, 6) is 0. The van der Waals surface area contributed by atoms with E-state index >= 15 is 0 Å². The van der Waals surface area contributed by atoms with Gasteiger partial charge in [0.2, 0.25) is 0 Å². The van der Waals surface area contributed by atoms with Crippen LogP contribution in [-0.2, 0) is 6.05 Å². The summed E-state index contributed by atoms with van der Waals surface area (Å²) in [6, 6.07) is 2.73. The Kier molecular flexibility index (Phi) is 2.43. The van der Waals surface area contributed by atoms with Crippen LogP contribution >= 0.6 is 22.6 Å². The van der Waals surface area contributed by atoms with Crippen molar-refractivity contribution in [2.45, 2.75) is 6.05 Å². The van der Waals surface area contributed by atoms with Crippen molar-refractivity contribution in [3.05, 3.63) is 33.4 Å². The van der Waals surface area contributed by atoms with Crippen LogP contribution in [0.1, 0.15) is 5.56 Å². The van der Waals surface area contributed by atoms with Crippen molar-refractivity contribution in [2.75, 3.05) is 0 Å². The average molecular weight is 269 g/mol. The number of nitrogens with two attached hydrogens (primary N) is 1. The zero-order valence-electron chi connectivity index (χ0n) is 5.52. The van der Waals surface area contributed by atoms with E-state index in [0.29, 0.717) is 0 Å². The summed E-state index contributed by atoms with van der Waals surface area (Å²) < 4.78 is 25.6. The number of halogens is 3. The molecule has 0 aliphatic carbocycles. The van der Waals surface area contributed by atoms with Gasteiger partial charge in [0, 0.05) is 9.13 Å². The van der Waals surface area contributed by atoms with E-state index in [2.05, 4.69) is 5.73 Å². The van der Waals surface area contributed by atoms with E-state index in [1.54, 1.807) is 12.1 Å². The SMILES string of the molecule is NC(F)(F)c1cccc(I)c1. The van der Waals surface area contributed by atoms with Crippen LogP contribution in [0.3, 0.4) is 0 Å². The third-order valence-corrected chi connectivity index (χ3v) is 1.88. The van der Waals surface area contributed by atoms with E-state index in [4.69, 9.17) is 0 Å². The highest BCUT2D eigenvalue weighted by molar-refractivity contribution is 14.1. The van der Waals surface area contributed by atoms with Gasteiger partial charge in [0.25, 0.3) is 0 Å². The Balaban J connectivity index is 3.06. The Morgan fingerprint density at radius 3 is 2.36 bits per heavy atom. The molecule has 0 aliphatic heterocycles. The summed E-state index contributed by atoms with van der Waals surface area (Å²) >= 11 is 1.96. The predicted octanol–water partition coefficient (Wildman–Crippen LogP) is 2.30. The highest BCUT2D eigenvalue weighted by Crippen LogP contribution is 2.22. The Morgan fingerprint density at radius 2 is 2.00 bits per heavy atom. The molecule has 1 aromatic rings. The number of rotatable bonds is 1. The van der Waals surface area contributed by atoms with Crippen molar-refractivity contribution >= 4 is 22.6 Å². The molecule has 0 amide bonds. The topological polar surface area (TPSA) is 26.0 Å². The van der Waals surface area contributed by atoms with Gasteiger partial charge in [0.15, 0.2) is 0 Å². The van der Waals surface area contributed by atoms with E-state index in [0.717, 1.165) is 3.57 Å². The number of hydrogen-bond acceptors (Lipinski definition) is 1. The maximum absolute atomic E-state index is 12.4. The van der Waals surface area contributed by atoms with Gasteiger partial charge < -0.3 is 0 Å². The van der Waals surface area contributed by atoms with Crippen LogP contribution in [0, 0.1) is 3.57 Å². The van der Waals surface area contributed by atoms with Gasteiger partial charge in [-0.05, 0) is 34.7 Å². The van der Waals surface area contributed by atoms with Crippen LogP contribution in [0.5, 0.6) is 0 Å². The smallest absolute Gasteiger partial charge is 0.268 e. The highest BCUT2D eigenvalue weighted by atomic mass is 127. The van der Waals surface area contributed by atoms with Crippen LogP contribution in [0.4, 0.5) is 8.78 Å². The summed E-state index contributed by atoms with van der Waals surface area (Å²) in [6.07, 6.45) is 0. The first-order valence-electron chi connectivity index (χ1n) is 2.93. The van der Waals surface area contributed by atoms with Crippen LogP contribution in [0.15, 0.2) is 24.3 Å². The van der Waals surface area contributed by atoms with E-state index in [1.165, 1.54) is 12.1 Å². The van der Waals surface area contributed by atoms with E-state index in [1.807, 2.05) is 22.6 Å². The molecule has 0 saturated carbocycles. The van der Waals surface area contributed by atoms with Gasteiger partial charge in [-0.15, -0.1) is 0 Å². The zero-order valence-corrected chi connectivity index (χ0v) is 7.68. The van der Waals surface area contributed by atoms with Gasteiger partial charge in [-0.25, -0.2) is 0 Å². The largest absolute Gasteiger partial charge is 0.326 e. The second kappa shape index (κ2) is 3.02. The fraction of sp³-hybridized carbons (Fsp3) is 0.143. The zero-order chi connectivity index (χ0) is 8.48. The fourth-order valence-electron chi connectivity index (χ4n) is 0.696. The lowest BCUT2D eigenvalue weighted by Crippen LogP contribution is -2.25. The second-order valence-corrected chi connectivity index (χ2v) is 3.38. The van der Waals surface area contributed by atoms with Crippen molar-refractivity contribution < 1.29 is 8.78 Å². The first-order chi connectivity index (χ1) is 5.00. The molecule has 1 nitrogen and oxygen atoms in total. The van der Waals surface area contributed by atoms with Gasteiger partial charge in [-0.1, -0.05) is 12.1 Å². The van der Waals surface area contributed by atoms with E-state index < -0.39 is 6.05 Å². The van der Waals surface area contributed by atoms with Crippen molar-refractivity contribution in [1.29, 1.82) is 0 Å². The monoisotopic (exact) mass is 269 g/mol. The van der Waals surface area contributed by atoms with E-state index in [9.17, 15) is 8.78 Å². The molecule has 0 atom stereocenters. The number of hydrogen-bond donors (Lipinski definition) is 1. The summed E-state index contributed by atoms with van der Waals surface area (Å²) in [5, 5.41) is 0. The maximum atomic E-state index is 12.4. The molecule has 2 N–H and O–H groups in total. The van der Waals surface area contributed by atoms with Gasteiger partial charge in [0.1, 0.15) is 0 Å². The molecule has 0 saturated heterocycles. The Hall–Kier alpha value is -0.230. The summed E-state index contributed by atoms with van der Waals surface area (Å²) in [5.41, 5.74) is 4.44. The molecule has 1 rings (SSSR count). The average Bonchev–Trinajstić information content (AvgIpc) is 1.86. The lowest BCUT2D eigenvalue weighted by Gasteiger charge is -2.09. The van der Waals surface area contributed by atoms with Crippen molar-refractivity contribution in [2.24, 2.45) is 5.73 Å². The normalized spacial score (nSPS) is 11.6. The van der Waals surface area contributed by atoms with Crippen molar-refractivity contribution in [3.8, 4) is 0 Å². The van der Waals surface area contributed by atoms with E-state index in [-0.39, 0.29) is 5.56 Å². The first-order valence-corrected chi connectivity index (χ1v) is 4.01. The second-order valence-electron chi connectivity index (χ2n) is 2.13. The van der Waals surface area contributed by atoms with Crippen LogP contribution < -0.4 is 5.73 Å². The highest BCUT2D eigenvalue weighted by Gasteiger charge is 2.24. The standard InChI is InChI=1S/C7H6F2IN/c8-7(9,11)5-2-1-3-6(10)4-5/h1-4H,11H2. The molecule has 1 aromatic carbocycles. The Labute approximate surface area is 76.7 Å². The summed E-state index contributed by atoms with van der Waals surface area (Å²) in [7, 11) is 0. The molecule has 0 spiro atoms. The fourth-order valence-corrected chi connectivity index (χ4v) is 1.24. The number of benzene rings is 1. The molecule has 0 aliphatic rings. The third kappa shape index (κ3) is 2.37. The Morgan fingerprint density at radius 1 is 1.36 bits per heavy atom. The van der Waals surface area contributed by atoms with Crippen LogP contribution in [0.2, 0.25) is 0 Å². The molecule has 0 bridgehead atoms.